The lowest BCUT2D eigenvalue weighted by Gasteiger charge is -2.28. The Bertz CT molecular complexity index is 664. The van der Waals surface area contributed by atoms with Crippen LogP contribution in [0.4, 0.5) is 4.39 Å². The molecular weight excluding hydrogens is 357 g/mol. The summed E-state index contributed by atoms with van der Waals surface area (Å²) >= 11 is 0. The number of nitrogens with one attached hydrogen (secondary N) is 1. The molecule has 0 spiro atoms. The van der Waals surface area contributed by atoms with Crippen molar-refractivity contribution in [1.29, 1.82) is 0 Å². The number of methoxy groups -OCH3 is 1. The topological polar surface area (TPSA) is 50.7 Å². The van der Waals surface area contributed by atoms with Crippen LogP contribution in [0.1, 0.15) is 19.4 Å². The van der Waals surface area contributed by atoms with E-state index in [0.717, 1.165) is 12.2 Å². The lowest BCUT2D eigenvalue weighted by molar-refractivity contribution is 0.0968. The molecule has 0 amide bonds. The molecule has 0 aliphatic carbocycles. The SMILES string of the molecule is COc1ccc(CC(C)(C)NCC(O)COc2ccccc2F)cc1.Cl. The van der Waals surface area contributed by atoms with Crippen LogP contribution in [-0.2, 0) is 6.42 Å². The van der Waals surface area contributed by atoms with Crippen molar-refractivity contribution in [3.8, 4) is 11.5 Å². The van der Waals surface area contributed by atoms with Crippen LogP contribution < -0.4 is 14.8 Å². The molecule has 6 heteroatoms. The van der Waals surface area contributed by atoms with E-state index in [2.05, 4.69) is 19.2 Å². The third-order valence-electron chi connectivity index (χ3n) is 3.89. The average Bonchev–Trinajstić information content (AvgIpc) is 2.60. The number of hydrogen-bond acceptors (Lipinski definition) is 4. The molecule has 0 saturated heterocycles. The van der Waals surface area contributed by atoms with Gasteiger partial charge in [-0.2, -0.15) is 0 Å². The van der Waals surface area contributed by atoms with Gasteiger partial charge in [0.1, 0.15) is 18.5 Å². The lowest BCUT2D eigenvalue weighted by atomic mass is 9.94. The van der Waals surface area contributed by atoms with Crippen molar-refractivity contribution >= 4 is 12.4 Å². The summed E-state index contributed by atoms with van der Waals surface area (Å²) in [5, 5.41) is 13.4. The largest absolute Gasteiger partial charge is 0.497 e. The fraction of sp³-hybridized carbons (Fsp3) is 0.400. The molecule has 144 valence electrons. The Hall–Kier alpha value is -1.82. The first-order valence-electron chi connectivity index (χ1n) is 8.33. The highest BCUT2D eigenvalue weighted by Gasteiger charge is 2.19. The summed E-state index contributed by atoms with van der Waals surface area (Å²) in [5.74, 6) is 0.553. The Kier molecular flexibility index (Phi) is 8.85. The molecule has 0 aromatic heterocycles. The van der Waals surface area contributed by atoms with Crippen molar-refractivity contribution < 1.29 is 19.0 Å². The minimum absolute atomic E-state index is 0. The van der Waals surface area contributed by atoms with Gasteiger partial charge in [-0.1, -0.05) is 24.3 Å². The third kappa shape index (κ3) is 7.20. The molecule has 4 nitrogen and oxygen atoms in total. The van der Waals surface area contributed by atoms with Gasteiger partial charge in [0.05, 0.1) is 7.11 Å². The number of para-hydroxylation sites is 1. The first-order chi connectivity index (χ1) is 11.9. The number of hydrogen-bond donors (Lipinski definition) is 2. The second-order valence-corrected chi connectivity index (χ2v) is 6.68. The summed E-state index contributed by atoms with van der Waals surface area (Å²) in [6, 6.07) is 14.1. The number of halogens is 2. The van der Waals surface area contributed by atoms with Crippen LogP contribution in [0, 0.1) is 5.82 Å². The van der Waals surface area contributed by atoms with Crippen LogP contribution in [-0.4, -0.2) is 37.0 Å². The standard InChI is InChI=1S/C20H26FNO3.ClH/c1-20(2,12-15-8-10-17(24-3)11-9-15)22-13-16(23)14-25-19-7-5-4-6-18(19)21;/h4-11,16,22-23H,12-14H2,1-3H3;1H. The van der Waals surface area contributed by atoms with E-state index in [1.165, 1.54) is 11.6 Å². The van der Waals surface area contributed by atoms with Gasteiger partial charge in [-0.05, 0) is 50.1 Å². The molecule has 0 heterocycles. The summed E-state index contributed by atoms with van der Waals surface area (Å²) < 4.78 is 24.0. The van der Waals surface area contributed by atoms with Crippen molar-refractivity contribution in [3.63, 3.8) is 0 Å². The number of aliphatic hydroxyl groups excluding tert-OH is 1. The van der Waals surface area contributed by atoms with E-state index >= 15 is 0 Å². The van der Waals surface area contributed by atoms with E-state index in [1.807, 2.05) is 24.3 Å². The van der Waals surface area contributed by atoms with Crippen LogP contribution >= 0.6 is 12.4 Å². The van der Waals surface area contributed by atoms with Crippen LogP contribution in [0.3, 0.4) is 0 Å². The van der Waals surface area contributed by atoms with Gasteiger partial charge in [0, 0.05) is 12.1 Å². The van der Waals surface area contributed by atoms with E-state index < -0.39 is 11.9 Å². The predicted molar refractivity (Wildman–Crippen MR) is 104 cm³/mol. The molecule has 2 aromatic carbocycles. The van der Waals surface area contributed by atoms with Crippen molar-refractivity contribution in [2.75, 3.05) is 20.3 Å². The summed E-state index contributed by atoms with van der Waals surface area (Å²) in [7, 11) is 1.64. The summed E-state index contributed by atoms with van der Waals surface area (Å²) in [4.78, 5) is 0. The average molecular weight is 384 g/mol. The van der Waals surface area contributed by atoms with Gasteiger partial charge >= 0.3 is 0 Å². The van der Waals surface area contributed by atoms with Crippen LogP contribution in [0.15, 0.2) is 48.5 Å². The highest BCUT2D eigenvalue weighted by Crippen LogP contribution is 2.17. The first-order valence-corrected chi connectivity index (χ1v) is 8.33. The molecule has 0 saturated carbocycles. The zero-order valence-corrected chi connectivity index (χ0v) is 16.2. The molecule has 0 fully saturated rings. The van der Waals surface area contributed by atoms with Crippen molar-refractivity contribution in [2.45, 2.75) is 31.9 Å². The first kappa shape index (κ1) is 22.2. The van der Waals surface area contributed by atoms with E-state index in [-0.39, 0.29) is 30.3 Å². The summed E-state index contributed by atoms with van der Waals surface area (Å²) in [6.45, 7) is 4.54. The van der Waals surface area contributed by atoms with Gasteiger partial charge in [-0.15, -0.1) is 12.4 Å². The third-order valence-corrected chi connectivity index (χ3v) is 3.89. The molecule has 1 atom stereocenters. The van der Waals surface area contributed by atoms with Gasteiger partial charge in [-0.3, -0.25) is 0 Å². The van der Waals surface area contributed by atoms with Gasteiger partial charge in [-0.25, -0.2) is 4.39 Å². The van der Waals surface area contributed by atoms with Crippen LogP contribution in [0.2, 0.25) is 0 Å². The Labute approximate surface area is 160 Å². The number of rotatable bonds is 9. The monoisotopic (exact) mass is 383 g/mol. The molecular formula is C20H27ClFNO3. The molecule has 0 radical (unpaired) electrons. The maximum absolute atomic E-state index is 13.5. The van der Waals surface area contributed by atoms with Crippen LogP contribution in [0.5, 0.6) is 11.5 Å². The van der Waals surface area contributed by atoms with Gasteiger partial charge in [0.2, 0.25) is 0 Å². The summed E-state index contributed by atoms with van der Waals surface area (Å²) in [5.41, 5.74) is 0.975. The Morgan fingerprint density at radius 3 is 2.38 bits per heavy atom. The molecule has 1 unspecified atom stereocenters. The van der Waals surface area contributed by atoms with Gasteiger partial charge in [0.25, 0.3) is 0 Å². The number of ether oxygens (including phenoxy) is 2. The second kappa shape index (κ2) is 10.4. The van der Waals surface area contributed by atoms with E-state index in [0.29, 0.717) is 6.54 Å². The predicted octanol–water partition coefficient (Wildman–Crippen LogP) is 3.61. The van der Waals surface area contributed by atoms with Gasteiger partial charge in [0.15, 0.2) is 11.6 Å². The smallest absolute Gasteiger partial charge is 0.165 e. The Morgan fingerprint density at radius 2 is 1.77 bits per heavy atom. The number of benzene rings is 2. The maximum Gasteiger partial charge on any atom is 0.165 e. The fourth-order valence-electron chi connectivity index (χ4n) is 2.52. The minimum Gasteiger partial charge on any atom is -0.497 e. The molecule has 2 N–H and O–H groups in total. The Morgan fingerprint density at radius 1 is 1.12 bits per heavy atom. The molecule has 0 aliphatic rings. The van der Waals surface area contributed by atoms with Crippen molar-refractivity contribution in [2.24, 2.45) is 0 Å². The highest BCUT2D eigenvalue weighted by atomic mass is 35.5. The molecule has 0 aliphatic heterocycles. The minimum atomic E-state index is -0.727. The second-order valence-electron chi connectivity index (χ2n) is 6.68. The zero-order valence-electron chi connectivity index (χ0n) is 15.4. The van der Waals surface area contributed by atoms with Crippen molar-refractivity contribution in [1.82, 2.24) is 5.32 Å². The quantitative estimate of drug-likeness (QED) is 0.694. The molecule has 2 rings (SSSR count). The molecule has 26 heavy (non-hydrogen) atoms. The van der Waals surface area contributed by atoms with E-state index in [1.54, 1.807) is 25.3 Å². The van der Waals surface area contributed by atoms with E-state index in [9.17, 15) is 9.50 Å². The van der Waals surface area contributed by atoms with Crippen LogP contribution in [0.25, 0.3) is 0 Å². The molecule has 0 bridgehead atoms. The normalized spacial score (nSPS) is 12.2. The number of aliphatic hydroxyl groups is 1. The fourth-order valence-corrected chi connectivity index (χ4v) is 2.52. The Balaban J connectivity index is 0.00000338. The number of β-amino-alcohol motifs (C(OH)–C–C–N with tert-alkyl or cyclic N) is 1. The zero-order chi connectivity index (χ0) is 18.3. The summed E-state index contributed by atoms with van der Waals surface area (Å²) in [6.07, 6.45) is 0.0764. The van der Waals surface area contributed by atoms with E-state index in [4.69, 9.17) is 9.47 Å². The lowest BCUT2D eigenvalue weighted by Crippen LogP contribution is -2.46. The molecule has 2 aromatic rings. The highest BCUT2D eigenvalue weighted by molar-refractivity contribution is 5.85. The maximum atomic E-state index is 13.5. The van der Waals surface area contributed by atoms with Gasteiger partial charge < -0.3 is 19.9 Å². The van der Waals surface area contributed by atoms with Crippen molar-refractivity contribution in [3.05, 3.63) is 59.9 Å².